The molecule has 0 bridgehead atoms. The molecule has 0 radical (unpaired) electrons. The molecule has 6 heteroatoms. The second-order valence-electron chi connectivity index (χ2n) is 4.58. The van der Waals surface area contributed by atoms with Crippen LogP contribution in [-0.4, -0.2) is 27.5 Å². The average Bonchev–Trinajstić information content (AvgIpc) is 2.86. The molecule has 0 saturated carbocycles. The van der Waals surface area contributed by atoms with E-state index < -0.39 is 11.9 Å². The second-order valence-corrected chi connectivity index (χ2v) is 5.44. The van der Waals surface area contributed by atoms with Crippen molar-refractivity contribution in [2.24, 2.45) is 0 Å². The zero-order valence-corrected chi connectivity index (χ0v) is 11.7. The molecule has 1 N–H and O–H groups in total. The lowest BCUT2D eigenvalue weighted by atomic mass is 10.1. The number of carbonyl (C=O) groups is 2. The van der Waals surface area contributed by atoms with E-state index in [0.717, 1.165) is 0 Å². The first-order valence-electron chi connectivity index (χ1n) is 5.94. The zero-order valence-electron chi connectivity index (χ0n) is 10.9. The van der Waals surface area contributed by atoms with Gasteiger partial charge in [-0.3, -0.25) is 4.79 Å². The van der Waals surface area contributed by atoms with E-state index >= 15 is 0 Å². The normalized spacial score (nSPS) is 12.8. The van der Waals surface area contributed by atoms with Crippen LogP contribution in [0.5, 0.6) is 0 Å². The Morgan fingerprint density at radius 2 is 2.05 bits per heavy atom. The summed E-state index contributed by atoms with van der Waals surface area (Å²) in [5.74, 6) is -1.89. The topological polar surface area (TPSA) is 68.0 Å². The standard InChI is InChI=1S/C13H15NO4S/c1-7(2)18-13(17)9-4-5-14-10(6-19-11(9)14)8(3)12(15)16/h4-8H,1-3H3,(H,15,16). The third kappa shape index (κ3) is 2.49. The molecule has 2 rings (SSSR count). The number of carbonyl (C=O) groups excluding carboxylic acids is 1. The molecule has 0 aliphatic heterocycles. The number of aromatic nitrogens is 1. The Bertz CT molecular complexity index is 626. The summed E-state index contributed by atoms with van der Waals surface area (Å²) in [4.78, 5) is 23.6. The van der Waals surface area contributed by atoms with Crippen molar-refractivity contribution in [2.45, 2.75) is 32.8 Å². The van der Waals surface area contributed by atoms with Crippen LogP contribution in [0.25, 0.3) is 4.83 Å². The van der Waals surface area contributed by atoms with Crippen LogP contribution in [0.3, 0.4) is 0 Å². The van der Waals surface area contributed by atoms with Gasteiger partial charge >= 0.3 is 11.9 Å². The first-order chi connectivity index (χ1) is 8.91. The number of rotatable bonds is 4. The molecule has 2 heterocycles. The van der Waals surface area contributed by atoms with Gasteiger partial charge < -0.3 is 14.2 Å². The van der Waals surface area contributed by atoms with Gasteiger partial charge in [0.2, 0.25) is 0 Å². The predicted molar refractivity (Wildman–Crippen MR) is 71.9 cm³/mol. The molecule has 1 unspecified atom stereocenters. The molecule has 1 atom stereocenters. The SMILES string of the molecule is CC(C)OC(=O)c1ccn2c(C(C)C(=O)O)csc12. The van der Waals surface area contributed by atoms with Gasteiger partial charge in [0.25, 0.3) is 0 Å². The average molecular weight is 281 g/mol. The Hall–Kier alpha value is -1.82. The first kappa shape index (κ1) is 13.6. The summed E-state index contributed by atoms with van der Waals surface area (Å²) in [7, 11) is 0. The van der Waals surface area contributed by atoms with Crippen molar-refractivity contribution in [1.29, 1.82) is 0 Å². The number of esters is 1. The summed E-state index contributed by atoms with van der Waals surface area (Å²) in [5, 5.41) is 10.8. The quantitative estimate of drug-likeness (QED) is 0.875. The fourth-order valence-corrected chi connectivity index (χ4v) is 2.89. The van der Waals surface area contributed by atoms with Crippen molar-refractivity contribution in [3.8, 4) is 0 Å². The lowest BCUT2D eigenvalue weighted by Gasteiger charge is -2.06. The van der Waals surface area contributed by atoms with Crippen LogP contribution >= 0.6 is 11.3 Å². The summed E-state index contributed by atoms with van der Waals surface area (Å²) in [6, 6.07) is 1.66. The molecule has 102 valence electrons. The molecule has 0 aliphatic carbocycles. The van der Waals surface area contributed by atoms with Gasteiger partial charge in [-0.05, 0) is 26.8 Å². The number of hydrogen-bond donors (Lipinski definition) is 1. The van der Waals surface area contributed by atoms with Crippen LogP contribution in [0, 0.1) is 0 Å². The molecule has 5 nitrogen and oxygen atoms in total. The van der Waals surface area contributed by atoms with Crippen LogP contribution < -0.4 is 0 Å². The second kappa shape index (κ2) is 5.05. The van der Waals surface area contributed by atoms with Crippen molar-refractivity contribution in [1.82, 2.24) is 4.40 Å². The number of carboxylic acid groups (broad SMARTS) is 1. The fourth-order valence-electron chi connectivity index (χ4n) is 1.78. The van der Waals surface area contributed by atoms with E-state index in [0.29, 0.717) is 16.1 Å². The molecule has 0 aliphatic rings. The van der Waals surface area contributed by atoms with Gasteiger partial charge in [-0.15, -0.1) is 11.3 Å². The van der Waals surface area contributed by atoms with E-state index in [2.05, 4.69) is 0 Å². The van der Waals surface area contributed by atoms with Crippen molar-refractivity contribution < 1.29 is 19.4 Å². The van der Waals surface area contributed by atoms with Crippen molar-refractivity contribution in [3.63, 3.8) is 0 Å². The molecular weight excluding hydrogens is 266 g/mol. The number of aliphatic carboxylic acids is 1. The van der Waals surface area contributed by atoms with Crippen molar-refractivity contribution >= 4 is 28.1 Å². The number of thiazole rings is 1. The van der Waals surface area contributed by atoms with Crippen molar-refractivity contribution in [3.05, 3.63) is 28.9 Å². The number of carboxylic acids is 1. The molecule has 2 aromatic rings. The van der Waals surface area contributed by atoms with Gasteiger partial charge in [-0.25, -0.2) is 4.79 Å². The van der Waals surface area contributed by atoms with E-state index in [1.807, 2.05) is 0 Å². The van der Waals surface area contributed by atoms with Gasteiger partial charge in [0.1, 0.15) is 4.83 Å². The first-order valence-corrected chi connectivity index (χ1v) is 6.82. The summed E-state index contributed by atoms with van der Waals surface area (Å²) >= 11 is 1.35. The maximum atomic E-state index is 11.9. The maximum Gasteiger partial charge on any atom is 0.341 e. The number of ether oxygens (including phenoxy) is 1. The summed E-state index contributed by atoms with van der Waals surface area (Å²) < 4.78 is 6.89. The number of nitrogens with zero attached hydrogens (tertiary/aromatic N) is 1. The van der Waals surface area contributed by atoms with Crippen LogP contribution in [0.4, 0.5) is 0 Å². The van der Waals surface area contributed by atoms with Gasteiger partial charge in [0.05, 0.1) is 17.6 Å². The minimum absolute atomic E-state index is 0.181. The van der Waals surface area contributed by atoms with E-state index in [4.69, 9.17) is 9.84 Å². The molecule has 0 fully saturated rings. The smallest absolute Gasteiger partial charge is 0.341 e. The highest BCUT2D eigenvalue weighted by Gasteiger charge is 2.22. The monoisotopic (exact) mass is 281 g/mol. The van der Waals surface area contributed by atoms with Gasteiger partial charge in [-0.2, -0.15) is 0 Å². The lowest BCUT2D eigenvalue weighted by molar-refractivity contribution is -0.138. The van der Waals surface area contributed by atoms with Crippen LogP contribution in [-0.2, 0) is 9.53 Å². The number of fused-ring (bicyclic) bond motifs is 1. The van der Waals surface area contributed by atoms with Gasteiger partial charge in [0, 0.05) is 17.3 Å². The molecule has 0 aromatic carbocycles. The minimum Gasteiger partial charge on any atom is -0.481 e. The minimum atomic E-state index is -0.889. The van der Waals surface area contributed by atoms with Crippen LogP contribution in [0.1, 0.15) is 42.7 Å². The molecule has 0 amide bonds. The highest BCUT2D eigenvalue weighted by molar-refractivity contribution is 7.16. The highest BCUT2D eigenvalue weighted by Crippen LogP contribution is 2.27. The third-order valence-corrected chi connectivity index (χ3v) is 3.78. The Morgan fingerprint density at radius 1 is 1.37 bits per heavy atom. The zero-order chi connectivity index (χ0) is 14.2. The summed E-state index contributed by atoms with van der Waals surface area (Å²) in [6.07, 6.45) is 1.53. The van der Waals surface area contributed by atoms with Gasteiger partial charge in [-0.1, -0.05) is 0 Å². The highest BCUT2D eigenvalue weighted by atomic mass is 32.1. The van der Waals surface area contributed by atoms with Crippen LogP contribution in [0.2, 0.25) is 0 Å². The van der Waals surface area contributed by atoms with E-state index in [1.54, 1.807) is 42.8 Å². The maximum absolute atomic E-state index is 11.9. The molecule has 0 saturated heterocycles. The van der Waals surface area contributed by atoms with E-state index in [-0.39, 0.29) is 12.1 Å². The van der Waals surface area contributed by atoms with Gasteiger partial charge in [0.15, 0.2) is 0 Å². The summed E-state index contributed by atoms with van der Waals surface area (Å²) in [5.41, 5.74) is 1.14. The Labute approximate surface area is 114 Å². The molecule has 2 aromatic heterocycles. The Kier molecular flexibility index (Phi) is 3.61. The number of hydrogen-bond acceptors (Lipinski definition) is 4. The summed E-state index contributed by atoms with van der Waals surface area (Å²) in [6.45, 7) is 5.20. The predicted octanol–water partition coefficient (Wildman–Crippen LogP) is 2.75. The van der Waals surface area contributed by atoms with E-state index in [1.165, 1.54) is 11.3 Å². The molecular formula is C13H15NO4S. The fraction of sp³-hybridized carbons (Fsp3) is 0.385. The Balaban J connectivity index is 2.41. The van der Waals surface area contributed by atoms with Crippen molar-refractivity contribution in [2.75, 3.05) is 0 Å². The third-order valence-electron chi connectivity index (χ3n) is 2.79. The van der Waals surface area contributed by atoms with E-state index in [9.17, 15) is 9.59 Å². The molecule has 0 spiro atoms. The Morgan fingerprint density at radius 3 is 2.63 bits per heavy atom. The lowest BCUT2D eigenvalue weighted by Crippen LogP contribution is -2.11. The van der Waals surface area contributed by atoms with Crippen LogP contribution in [0.15, 0.2) is 17.6 Å². The molecule has 19 heavy (non-hydrogen) atoms. The largest absolute Gasteiger partial charge is 0.481 e.